The summed E-state index contributed by atoms with van der Waals surface area (Å²) < 4.78 is 13.8. The fourth-order valence-electron chi connectivity index (χ4n) is 4.05. The molecule has 5 atom stereocenters. The minimum Gasteiger partial charge on any atom is -0.508 e. The number of nitrogens with one attached hydrogen (secondary N) is 1. The van der Waals surface area contributed by atoms with Crippen LogP contribution >= 0.6 is 0 Å². The van der Waals surface area contributed by atoms with Gasteiger partial charge in [0.05, 0.1) is 36.1 Å². The molecule has 2 aliphatic rings. The second-order valence-corrected chi connectivity index (χ2v) is 7.03. The largest absolute Gasteiger partial charge is 0.508 e. The summed E-state index contributed by atoms with van der Waals surface area (Å²) in [4.78, 5) is 4.43. The molecule has 2 saturated heterocycles. The first-order chi connectivity index (χ1) is 13.2. The third-order valence-corrected chi connectivity index (χ3v) is 5.45. The number of fused-ring (bicyclic) bond motifs is 3. The maximum absolute atomic E-state index is 11.2. The van der Waals surface area contributed by atoms with Crippen molar-refractivity contribution in [2.75, 3.05) is 6.61 Å². The first kappa shape index (κ1) is 16.7. The highest BCUT2D eigenvalue weighted by Gasteiger charge is 2.51. The van der Waals surface area contributed by atoms with Gasteiger partial charge in [0, 0.05) is 12.1 Å². The molecular formula is C20H21N3O4. The summed E-state index contributed by atoms with van der Waals surface area (Å²) in [6, 6.07) is 14.2. The molecule has 0 radical (unpaired) electrons. The van der Waals surface area contributed by atoms with Crippen molar-refractivity contribution in [2.45, 2.75) is 37.1 Å². The van der Waals surface area contributed by atoms with Crippen LogP contribution in [0.5, 0.6) is 5.75 Å². The average molecular weight is 367 g/mol. The highest BCUT2D eigenvalue weighted by molar-refractivity contribution is 5.75. The van der Waals surface area contributed by atoms with Crippen molar-refractivity contribution in [1.82, 2.24) is 14.9 Å². The maximum atomic E-state index is 11.2. The number of aliphatic hydroxyl groups excluding tert-OH is 1. The number of ether oxygens (including phenoxy) is 2. The van der Waals surface area contributed by atoms with E-state index in [0.717, 1.165) is 16.6 Å². The lowest BCUT2D eigenvalue weighted by Gasteiger charge is -2.39. The van der Waals surface area contributed by atoms with Gasteiger partial charge in [0.15, 0.2) is 6.29 Å². The zero-order chi connectivity index (χ0) is 18.4. The molecule has 7 nitrogen and oxygen atoms in total. The van der Waals surface area contributed by atoms with Gasteiger partial charge in [-0.15, -0.1) is 0 Å². The zero-order valence-electron chi connectivity index (χ0n) is 14.6. The molecule has 3 N–H and O–H groups in total. The first-order valence-corrected chi connectivity index (χ1v) is 9.09. The second kappa shape index (κ2) is 6.61. The van der Waals surface area contributed by atoms with Gasteiger partial charge < -0.3 is 29.6 Å². The molecule has 3 aromatic rings. The Morgan fingerprint density at radius 3 is 2.85 bits per heavy atom. The highest BCUT2D eigenvalue weighted by Crippen LogP contribution is 2.37. The molecule has 0 aliphatic carbocycles. The number of hydrogen-bond acceptors (Lipinski definition) is 6. The van der Waals surface area contributed by atoms with E-state index in [1.807, 2.05) is 41.0 Å². The number of phenolic OH excluding ortho intramolecular Hbond substituents is 1. The van der Waals surface area contributed by atoms with Crippen LogP contribution in [-0.4, -0.2) is 50.9 Å². The van der Waals surface area contributed by atoms with Gasteiger partial charge in [-0.3, -0.25) is 0 Å². The first-order valence-electron chi connectivity index (χ1n) is 9.09. The van der Waals surface area contributed by atoms with E-state index >= 15 is 0 Å². The van der Waals surface area contributed by atoms with Crippen LogP contribution in [0.25, 0.3) is 11.0 Å². The Kier molecular flexibility index (Phi) is 4.09. The Labute approximate surface area is 156 Å². The van der Waals surface area contributed by atoms with E-state index in [0.29, 0.717) is 13.2 Å². The molecule has 2 bridgehead atoms. The third kappa shape index (κ3) is 2.80. The number of aliphatic hydroxyl groups is 1. The number of benzene rings is 2. The molecule has 27 heavy (non-hydrogen) atoms. The second-order valence-electron chi connectivity index (χ2n) is 7.03. The van der Waals surface area contributed by atoms with E-state index in [1.165, 1.54) is 0 Å². The van der Waals surface area contributed by atoms with Crippen molar-refractivity contribution >= 4 is 11.0 Å². The molecule has 3 heterocycles. The maximum Gasteiger partial charge on any atom is 0.181 e. The van der Waals surface area contributed by atoms with Crippen LogP contribution in [0.4, 0.5) is 0 Å². The SMILES string of the molecule is Oc1ccccc1CNC1C2COC(O2)C(n2cnc3ccccc32)C1O. The number of hydrogen-bond donors (Lipinski definition) is 3. The van der Waals surface area contributed by atoms with Crippen LogP contribution in [0, 0.1) is 0 Å². The molecule has 7 heteroatoms. The predicted molar refractivity (Wildman–Crippen MR) is 98.1 cm³/mol. The van der Waals surface area contributed by atoms with Crippen molar-refractivity contribution in [3.8, 4) is 5.75 Å². The van der Waals surface area contributed by atoms with Crippen molar-refractivity contribution in [2.24, 2.45) is 0 Å². The Hall–Kier alpha value is -2.45. The van der Waals surface area contributed by atoms with Crippen molar-refractivity contribution in [1.29, 1.82) is 0 Å². The Morgan fingerprint density at radius 2 is 1.96 bits per heavy atom. The van der Waals surface area contributed by atoms with Gasteiger partial charge in [-0.25, -0.2) is 4.98 Å². The van der Waals surface area contributed by atoms with Crippen LogP contribution in [0.3, 0.4) is 0 Å². The van der Waals surface area contributed by atoms with E-state index in [4.69, 9.17) is 9.47 Å². The number of nitrogens with zero attached hydrogens (tertiary/aromatic N) is 2. The highest BCUT2D eigenvalue weighted by atomic mass is 16.7. The smallest absolute Gasteiger partial charge is 0.181 e. The van der Waals surface area contributed by atoms with Crippen LogP contribution in [0.1, 0.15) is 11.6 Å². The molecule has 2 aromatic carbocycles. The van der Waals surface area contributed by atoms with Gasteiger partial charge in [-0.2, -0.15) is 0 Å². The number of rotatable bonds is 4. The summed E-state index contributed by atoms with van der Waals surface area (Å²) >= 11 is 0. The van der Waals surface area contributed by atoms with Gasteiger partial charge in [-0.1, -0.05) is 30.3 Å². The number of aromatic hydroxyl groups is 1. The van der Waals surface area contributed by atoms with Crippen molar-refractivity contribution in [3.05, 3.63) is 60.4 Å². The normalized spacial score (nSPS) is 30.0. The lowest BCUT2D eigenvalue weighted by atomic mass is 9.95. The molecule has 1 aromatic heterocycles. The van der Waals surface area contributed by atoms with Crippen LogP contribution in [0.2, 0.25) is 0 Å². The Bertz CT molecular complexity index is 959. The summed E-state index contributed by atoms with van der Waals surface area (Å²) in [7, 11) is 0. The minimum absolute atomic E-state index is 0.230. The molecule has 5 rings (SSSR count). The molecule has 140 valence electrons. The lowest BCUT2D eigenvalue weighted by molar-refractivity contribution is -0.164. The topological polar surface area (TPSA) is 88.8 Å². The van der Waals surface area contributed by atoms with Crippen LogP contribution in [-0.2, 0) is 16.0 Å². The number of imidazole rings is 1. The van der Waals surface area contributed by atoms with Gasteiger partial charge in [0.25, 0.3) is 0 Å². The van der Waals surface area contributed by atoms with Crippen molar-refractivity contribution in [3.63, 3.8) is 0 Å². The predicted octanol–water partition coefficient (Wildman–Crippen LogP) is 1.56. The van der Waals surface area contributed by atoms with E-state index in [9.17, 15) is 10.2 Å². The average Bonchev–Trinajstić information content (AvgIpc) is 3.30. The van der Waals surface area contributed by atoms with Gasteiger partial charge in [0.2, 0.25) is 0 Å². The molecule has 2 aliphatic heterocycles. The standard InChI is InChI=1S/C20H21N3O4/c24-15-8-4-1-5-12(15)9-21-17-16-10-26-20(27-16)18(19(17)25)23-11-22-13-6-2-3-7-14(13)23/h1-8,11,16-21,24-25H,9-10H2. The molecule has 0 amide bonds. The van der Waals surface area contributed by atoms with E-state index in [1.54, 1.807) is 18.5 Å². The van der Waals surface area contributed by atoms with Gasteiger partial charge in [0.1, 0.15) is 17.9 Å². The summed E-state index contributed by atoms with van der Waals surface area (Å²) in [5, 5.41) is 24.5. The number of phenols is 1. The summed E-state index contributed by atoms with van der Waals surface area (Å²) in [5.74, 6) is 0.230. The fraction of sp³-hybridized carbons (Fsp3) is 0.350. The van der Waals surface area contributed by atoms with E-state index in [-0.39, 0.29) is 17.9 Å². The number of aromatic nitrogens is 2. The fourth-order valence-corrected chi connectivity index (χ4v) is 4.05. The molecule has 5 unspecified atom stereocenters. The van der Waals surface area contributed by atoms with E-state index in [2.05, 4.69) is 10.3 Å². The molecule has 2 fully saturated rings. The quantitative estimate of drug-likeness (QED) is 0.649. The van der Waals surface area contributed by atoms with Gasteiger partial charge in [-0.05, 0) is 18.2 Å². The summed E-state index contributed by atoms with van der Waals surface area (Å²) in [6.45, 7) is 0.847. The Balaban J connectivity index is 1.43. The summed E-state index contributed by atoms with van der Waals surface area (Å²) in [6.07, 6.45) is 0.261. The zero-order valence-corrected chi connectivity index (χ0v) is 14.6. The van der Waals surface area contributed by atoms with Crippen molar-refractivity contribution < 1.29 is 19.7 Å². The van der Waals surface area contributed by atoms with Crippen LogP contribution < -0.4 is 5.32 Å². The van der Waals surface area contributed by atoms with Crippen LogP contribution in [0.15, 0.2) is 54.9 Å². The Morgan fingerprint density at radius 1 is 1.15 bits per heavy atom. The number of para-hydroxylation sites is 3. The molecule has 0 saturated carbocycles. The molecule has 0 spiro atoms. The van der Waals surface area contributed by atoms with E-state index < -0.39 is 18.4 Å². The van der Waals surface area contributed by atoms with Gasteiger partial charge >= 0.3 is 0 Å². The minimum atomic E-state index is -0.722. The molecular weight excluding hydrogens is 346 g/mol. The third-order valence-electron chi connectivity index (χ3n) is 5.45. The summed E-state index contributed by atoms with van der Waals surface area (Å²) in [5.41, 5.74) is 2.57. The monoisotopic (exact) mass is 367 g/mol. The lowest BCUT2D eigenvalue weighted by Crippen LogP contribution is -2.57.